The molecule has 0 fully saturated rings. The monoisotopic (exact) mass is 437 g/mol. The Morgan fingerprint density at radius 3 is 2.18 bits per heavy atom. The van der Waals surface area contributed by atoms with E-state index in [1.54, 1.807) is 54.6 Å². The van der Waals surface area contributed by atoms with E-state index in [4.69, 9.17) is 4.74 Å². The molecule has 1 amide bonds. The number of rotatable bonds is 6. The highest BCUT2D eigenvalue weighted by Crippen LogP contribution is 2.29. The number of para-hydroxylation sites is 1. The van der Waals surface area contributed by atoms with Gasteiger partial charge in [-0.25, -0.2) is 4.79 Å². The highest BCUT2D eigenvalue weighted by Gasteiger charge is 2.13. The molecule has 3 aromatic carbocycles. The first-order valence-corrected chi connectivity index (χ1v) is 9.16. The van der Waals surface area contributed by atoms with Crippen LogP contribution in [0.1, 0.15) is 15.9 Å². The minimum absolute atomic E-state index is 0.215. The molecule has 0 saturated carbocycles. The molecule has 0 atom stereocenters. The van der Waals surface area contributed by atoms with Gasteiger partial charge in [-0.05, 0) is 64.0 Å². The number of carboxylic acid groups (broad SMARTS) is 1. The van der Waals surface area contributed by atoms with Crippen LogP contribution in [0.4, 0.5) is 0 Å². The second-order valence-electron chi connectivity index (χ2n) is 5.78. The van der Waals surface area contributed by atoms with Gasteiger partial charge in [0.1, 0.15) is 17.2 Å². The van der Waals surface area contributed by atoms with Crippen LogP contribution >= 0.6 is 15.9 Å². The maximum Gasteiger partial charge on any atom is 0.352 e. The van der Waals surface area contributed by atoms with E-state index in [9.17, 15) is 14.7 Å². The fourth-order valence-electron chi connectivity index (χ4n) is 2.39. The predicted octanol–water partition coefficient (Wildman–Crippen LogP) is 5.10. The Kier molecular flexibility index (Phi) is 6.24. The van der Waals surface area contributed by atoms with E-state index >= 15 is 0 Å². The van der Waals surface area contributed by atoms with Crippen molar-refractivity contribution in [1.82, 2.24) is 5.32 Å². The molecule has 0 aromatic heterocycles. The lowest BCUT2D eigenvalue weighted by molar-refractivity contribution is -0.132. The van der Waals surface area contributed by atoms with E-state index in [-0.39, 0.29) is 5.70 Å². The lowest BCUT2D eigenvalue weighted by Gasteiger charge is -2.08. The zero-order valence-corrected chi connectivity index (χ0v) is 16.2. The number of carbonyl (C=O) groups is 2. The van der Waals surface area contributed by atoms with E-state index in [2.05, 4.69) is 21.2 Å². The van der Waals surface area contributed by atoms with Gasteiger partial charge < -0.3 is 15.2 Å². The van der Waals surface area contributed by atoms with Crippen molar-refractivity contribution in [2.45, 2.75) is 0 Å². The first-order chi connectivity index (χ1) is 13.5. The van der Waals surface area contributed by atoms with Gasteiger partial charge in [-0.3, -0.25) is 4.79 Å². The van der Waals surface area contributed by atoms with Gasteiger partial charge in [0.2, 0.25) is 0 Å². The van der Waals surface area contributed by atoms with Gasteiger partial charge in [-0.15, -0.1) is 0 Å². The van der Waals surface area contributed by atoms with Crippen molar-refractivity contribution in [3.63, 3.8) is 0 Å². The summed E-state index contributed by atoms with van der Waals surface area (Å²) in [5.74, 6) is -0.428. The van der Waals surface area contributed by atoms with E-state index in [1.165, 1.54) is 6.08 Å². The van der Waals surface area contributed by atoms with E-state index < -0.39 is 11.9 Å². The molecule has 0 bridgehead atoms. The Morgan fingerprint density at radius 1 is 0.893 bits per heavy atom. The molecule has 28 heavy (non-hydrogen) atoms. The number of halogens is 1. The SMILES string of the molecule is O=C(O)/C(=C\c1ccc(Oc2ccccc2Br)cc1)NC(=O)c1ccccc1. The number of carboxylic acids is 1. The normalized spacial score (nSPS) is 11.0. The van der Waals surface area contributed by atoms with Gasteiger partial charge in [-0.2, -0.15) is 0 Å². The number of amides is 1. The Labute approximate surface area is 170 Å². The Bertz CT molecular complexity index is 1010. The van der Waals surface area contributed by atoms with Crippen LogP contribution in [0.15, 0.2) is 89.0 Å². The van der Waals surface area contributed by atoms with Crippen LogP contribution in [-0.2, 0) is 4.79 Å². The smallest absolute Gasteiger partial charge is 0.352 e. The van der Waals surface area contributed by atoms with Crippen LogP contribution in [-0.4, -0.2) is 17.0 Å². The zero-order valence-electron chi connectivity index (χ0n) is 14.6. The van der Waals surface area contributed by atoms with Crippen molar-refractivity contribution in [2.24, 2.45) is 0 Å². The number of carbonyl (C=O) groups excluding carboxylic acids is 1. The number of ether oxygens (including phenoxy) is 1. The number of hydrogen-bond acceptors (Lipinski definition) is 3. The van der Waals surface area contributed by atoms with Crippen LogP contribution in [0.2, 0.25) is 0 Å². The average Bonchev–Trinajstić information content (AvgIpc) is 2.71. The molecule has 140 valence electrons. The maximum atomic E-state index is 12.2. The predicted molar refractivity (Wildman–Crippen MR) is 110 cm³/mol. The summed E-state index contributed by atoms with van der Waals surface area (Å²) < 4.78 is 6.61. The molecule has 0 unspecified atom stereocenters. The fourth-order valence-corrected chi connectivity index (χ4v) is 2.75. The topological polar surface area (TPSA) is 75.6 Å². The summed E-state index contributed by atoms with van der Waals surface area (Å²) in [5.41, 5.74) is 0.783. The minimum atomic E-state index is -1.22. The van der Waals surface area contributed by atoms with Gasteiger partial charge in [-0.1, -0.05) is 42.5 Å². The minimum Gasteiger partial charge on any atom is -0.477 e. The number of nitrogens with one attached hydrogen (secondary N) is 1. The highest BCUT2D eigenvalue weighted by molar-refractivity contribution is 9.10. The van der Waals surface area contributed by atoms with Crippen molar-refractivity contribution < 1.29 is 19.4 Å². The Hall–Kier alpha value is -3.38. The first kappa shape index (κ1) is 19.4. The van der Waals surface area contributed by atoms with Crippen LogP contribution in [0.3, 0.4) is 0 Å². The Balaban J connectivity index is 1.75. The number of benzene rings is 3. The number of hydrogen-bond donors (Lipinski definition) is 2. The second kappa shape index (κ2) is 9.01. The lowest BCUT2D eigenvalue weighted by atomic mass is 10.1. The zero-order chi connectivity index (χ0) is 19.9. The van der Waals surface area contributed by atoms with Crippen LogP contribution in [0, 0.1) is 0 Å². The molecule has 0 spiro atoms. The first-order valence-electron chi connectivity index (χ1n) is 8.37. The number of aliphatic carboxylic acids is 1. The van der Waals surface area contributed by atoms with Gasteiger partial charge >= 0.3 is 5.97 Å². The summed E-state index contributed by atoms with van der Waals surface area (Å²) >= 11 is 3.42. The van der Waals surface area contributed by atoms with E-state index in [0.29, 0.717) is 22.6 Å². The summed E-state index contributed by atoms with van der Waals surface area (Å²) in [6.45, 7) is 0. The molecule has 0 heterocycles. The van der Waals surface area contributed by atoms with Gasteiger partial charge in [0.05, 0.1) is 4.47 Å². The molecule has 3 aromatic rings. The van der Waals surface area contributed by atoms with Crippen LogP contribution < -0.4 is 10.1 Å². The molecule has 6 heteroatoms. The van der Waals surface area contributed by atoms with Crippen molar-refractivity contribution in [1.29, 1.82) is 0 Å². The molecule has 0 aliphatic rings. The van der Waals surface area contributed by atoms with Crippen molar-refractivity contribution in [3.8, 4) is 11.5 Å². The molecular formula is C22H16BrNO4. The largest absolute Gasteiger partial charge is 0.477 e. The summed E-state index contributed by atoms with van der Waals surface area (Å²) in [6.07, 6.45) is 1.39. The van der Waals surface area contributed by atoms with E-state index in [0.717, 1.165) is 4.47 Å². The van der Waals surface area contributed by atoms with E-state index in [1.807, 2.05) is 24.3 Å². The standard InChI is InChI=1S/C22H16BrNO4/c23-18-8-4-5-9-20(18)28-17-12-10-15(11-13-17)14-19(22(26)27)24-21(25)16-6-2-1-3-7-16/h1-14H,(H,24,25)(H,26,27)/b19-14+. The summed E-state index contributed by atoms with van der Waals surface area (Å²) in [7, 11) is 0. The molecule has 0 saturated heterocycles. The summed E-state index contributed by atoms with van der Waals surface area (Å²) in [6, 6.07) is 22.8. The third-order valence-electron chi connectivity index (χ3n) is 3.77. The highest BCUT2D eigenvalue weighted by atomic mass is 79.9. The summed E-state index contributed by atoms with van der Waals surface area (Å²) in [5, 5.41) is 11.8. The third kappa shape index (κ3) is 5.08. The molecule has 5 nitrogen and oxygen atoms in total. The second-order valence-corrected chi connectivity index (χ2v) is 6.64. The molecule has 3 rings (SSSR count). The van der Waals surface area contributed by atoms with Gasteiger partial charge in [0.15, 0.2) is 0 Å². The van der Waals surface area contributed by atoms with Crippen molar-refractivity contribution in [2.75, 3.05) is 0 Å². The Morgan fingerprint density at radius 2 is 1.54 bits per heavy atom. The molecule has 2 N–H and O–H groups in total. The molecule has 0 radical (unpaired) electrons. The quantitative estimate of drug-likeness (QED) is 0.526. The average molecular weight is 438 g/mol. The fraction of sp³-hybridized carbons (Fsp3) is 0. The van der Waals surface area contributed by atoms with Crippen LogP contribution in [0.5, 0.6) is 11.5 Å². The van der Waals surface area contributed by atoms with Crippen molar-refractivity contribution >= 4 is 33.9 Å². The summed E-state index contributed by atoms with van der Waals surface area (Å²) in [4.78, 5) is 23.7. The maximum absolute atomic E-state index is 12.2. The van der Waals surface area contributed by atoms with Gasteiger partial charge in [0, 0.05) is 5.56 Å². The molecular weight excluding hydrogens is 422 g/mol. The van der Waals surface area contributed by atoms with Gasteiger partial charge in [0.25, 0.3) is 5.91 Å². The third-order valence-corrected chi connectivity index (χ3v) is 4.43. The lowest BCUT2D eigenvalue weighted by Crippen LogP contribution is -2.27. The van der Waals surface area contributed by atoms with Crippen molar-refractivity contribution in [3.05, 3.63) is 100 Å². The molecule has 0 aliphatic carbocycles. The van der Waals surface area contributed by atoms with Crippen LogP contribution in [0.25, 0.3) is 6.08 Å². The molecule has 0 aliphatic heterocycles.